The first kappa shape index (κ1) is 24.3. The molecule has 4 aromatic rings. The van der Waals surface area contributed by atoms with Gasteiger partial charge in [-0.15, -0.1) is 11.8 Å². The van der Waals surface area contributed by atoms with Crippen molar-refractivity contribution in [1.29, 1.82) is 0 Å². The van der Waals surface area contributed by atoms with Crippen LogP contribution in [0.2, 0.25) is 5.02 Å². The lowest BCUT2D eigenvalue weighted by atomic mass is 10.0. The van der Waals surface area contributed by atoms with Crippen LogP contribution in [0.4, 0.5) is 5.69 Å². The number of halogens is 1. The van der Waals surface area contributed by atoms with Crippen molar-refractivity contribution in [3.05, 3.63) is 76.8 Å². The number of carbonyl (C=O) groups is 1. The van der Waals surface area contributed by atoms with E-state index in [1.54, 1.807) is 12.1 Å². The van der Waals surface area contributed by atoms with Crippen LogP contribution in [-0.2, 0) is 4.79 Å². The summed E-state index contributed by atoms with van der Waals surface area (Å²) in [5, 5.41) is 6.75. The Kier molecular flexibility index (Phi) is 7.56. The van der Waals surface area contributed by atoms with Crippen molar-refractivity contribution >= 4 is 63.4 Å². The lowest BCUT2D eigenvalue weighted by Crippen LogP contribution is -2.35. The number of aromatic nitrogens is 1. The highest BCUT2D eigenvalue weighted by molar-refractivity contribution is 8.00. The molecule has 3 aromatic carbocycles. The van der Waals surface area contributed by atoms with E-state index in [9.17, 15) is 4.79 Å². The molecule has 0 unspecified atom stereocenters. The maximum atomic E-state index is 12.3. The van der Waals surface area contributed by atoms with Crippen LogP contribution >= 0.6 is 35.6 Å². The average Bonchev–Trinajstić information content (AvgIpc) is 3.23. The number of thioether (sulfide) groups is 1. The van der Waals surface area contributed by atoms with E-state index in [0.29, 0.717) is 16.8 Å². The summed E-state index contributed by atoms with van der Waals surface area (Å²) in [6.45, 7) is 6.27. The van der Waals surface area contributed by atoms with Gasteiger partial charge in [-0.05, 0) is 84.7 Å². The van der Waals surface area contributed by atoms with Gasteiger partial charge < -0.3 is 15.1 Å². The molecule has 0 fully saturated rings. The van der Waals surface area contributed by atoms with Gasteiger partial charge in [0.1, 0.15) is 5.52 Å². The summed E-state index contributed by atoms with van der Waals surface area (Å²) in [5.41, 5.74) is 5.37. The van der Waals surface area contributed by atoms with Crippen LogP contribution in [0.25, 0.3) is 22.6 Å². The van der Waals surface area contributed by atoms with Gasteiger partial charge in [-0.25, -0.2) is 4.98 Å². The predicted octanol–water partition coefficient (Wildman–Crippen LogP) is 7.19. The van der Waals surface area contributed by atoms with Crippen LogP contribution in [0.1, 0.15) is 30.9 Å². The molecule has 2 N–H and O–H groups in total. The normalized spacial score (nSPS) is 11.1. The van der Waals surface area contributed by atoms with Crippen LogP contribution in [0, 0.1) is 6.92 Å². The van der Waals surface area contributed by atoms with Gasteiger partial charge in [0.15, 0.2) is 10.7 Å². The number of oxazole rings is 1. The predicted molar refractivity (Wildman–Crippen MR) is 145 cm³/mol. The number of carbonyl (C=O) groups excluding carboxylic acids is 1. The highest BCUT2D eigenvalue weighted by Crippen LogP contribution is 2.29. The molecule has 34 heavy (non-hydrogen) atoms. The minimum absolute atomic E-state index is 0.189. The zero-order valence-electron chi connectivity index (χ0n) is 19.0. The highest BCUT2D eigenvalue weighted by Gasteiger charge is 2.13. The fourth-order valence-electron chi connectivity index (χ4n) is 3.31. The Balaban J connectivity index is 1.42. The van der Waals surface area contributed by atoms with Gasteiger partial charge in [-0.2, -0.15) is 0 Å². The summed E-state index contributed by atoms with van der Waals surface area (Å²) < 4.78 is 5.98. The third-order valence-electron chi connectivity index (χ3n) is 5.25. The van der Waals surface area contributed by atoms with Crippen LogP contribution in [0.15, 0.2) is 70.0 Å². The number of fused-ring (bicyclic) bond motifs is 1. The van der Waals surface area contributed by atoms with Crippen molar-refractivity contribution in [3.8, 4) is 11.5 Å². The molecule has 0 aliphatic heterocycles. The van der Waals surface area contributed by atoms with E-state index in [1.165, 1.54) is 17.3 Å². The molecule has 1 heterocycles. The SMILES string of the molecule is Cc1ccc(-c2nc3cc(C(C)C)ccc3o2)cc1NC(=S)NC(=O)CSc1ccc(Cl)cc1. The van der Waals surface area contributed by atoms with Gasteiger partial charge in [-0.3, -0.25) is 4.79 Å². The molecule has 0 bridgehead atoms. The van der Waals surface area contributed by atoms with Crippen LogP contribution in [0.5, 0.6) is 0 Å². The van der Waals surface area contributed by atoms with E-state index in [1.807, 2.05) is 43.3 Å². The van der Waals surface area contributed by atoms with Crippen LogP contribution < -0.4 is 10.6 Å². The van der Waals surface area contributed by atoms with Gasteiger partial charge >= 0.3 is 0 Å². The Hall–Kier alpha value is -2.87. The second kappa shape index (κ2) is 10.6. The van der Waals surface area contributed by atoms with Crippen molar-refractivity contribution < 1.29 is 9.21 Å². The van der Waals surface area contributed by atoms with E-state index < -0.39 is 0 Å². The smallest absolute Gasteiger partial charge is 0.236 e. The molecule has 0 atom stereocenters. The quantitative estimate of drug-likeness (QED) is 0.212. The first-order valence-corrected chi connectivity index (χ1v) is 12.6. The molecule has 0 saturated heterocycles. The molecule has 8 heteroatoms. The Morgan fingerprint density at radius 1 is 1.12 bits per heavy atom. The van der Waals surface area contributed by atoms with Crippen molar-refractivity contribution in [2.75, 3.05) is 11.1 Å². The van der Waals surface area contributed by atoms with E-state index in [0.717, 1.165) is 32.8 Å². The van der Waals surface area contributed by atoms with E-state index in [4.69, 9.17) is 28.2 Å². The van der Waals surface area contributed by atoms with E-state index in [2.05, 4.69) is 41.6 Å². The average molecular weight is 510 g/mol. The first-order chi connectivity index (χ1) is 16.3. The molecule has 5 nitrogen and oxygen atoms in total. The molecule has 174 valence electrons. The first-order valence-electron chi connectivity index (χ1n) is 10.8. The van der Waals surface area contributed by atoms with E-state index >= 15 is 0 Å². The zero-order chi connectivity index (χ0) is 24.2. The van der Waals surface area contributed by atoms with Gasteiger partial charge in [-0.1, -0.05) is 37.6 Å². The summed E-state index contributed by atoms with van der Waals surface area (Å²) >= 11 is 12.7. The molecule has 1 amide bonds. The number of nitrogens with one attached hydrogen (secondary N) is 2. The number of anilines is 1. The summed E-state index contributed by atoms with van der Waals surface area (Å²) in [4.78, 5) is 18.0. The number of thiocarbonyl (C=S) groups is 1. The second-order valence-corrected chi connectivity index (χ2v) is 10.1. The molecule has 0 radical (unpaired) electrons. The second-order valence-electron chi connectivity index (χ2n) is 8.18. The van der Waals surface area contributed by atoms with Crippen molar-refractivity contribution in [2.45, 2.75) is 31.6 Å². The highest BCUT2D eigenvalue weighted by atomic mass is 35.5. The van der Waals surface area contributed by atoms with Gasteiger partial charge in [0, 0.05) is 21.2 Å². The number of aryl methyl sites for hydroxylation is 1. The molecule has 1 aromatic heterocycles. The van der Waals surface area contributed by atoms with Gasteiger partial charge in [0.2, 0.25) is 11.8 Å². The molecule has 0 spiro atoms. The van der Waals surface area contributed by atoms with Crippen molar-refractivity contribution in [1.82, 2.24) is 10.3 Å². The molecule has 0 aliphatic carbocycles. The molecule has 4 rings (SSSR count). The lowest BCUT2D eigenvalue weighted by molar-refractivity contribution is -0.117. The topological polar surface area (TPSA) is 67.2 Å². The minimum Gasteiger partial charge on any atom is -0.436 e. The zero-order valence-corrected chi connectivity index (χ0v) is 21.4. The monoisotopic (exact) mass is 509 g/mol. The minimum atomic E-state index is -0.189. The summed E-state index contributed by atoms with van der Waals surface area (Å²) in [7, 11) is 0. The number of hydrogen-bond donors (Lipinski definition) is 2. The number of hydrogen-bond acceptors (Lipinski definition) is 5. The Labute approximate surface area is 213 Å². The number of amides is 1. The fraction of sp³-hybridized carbons (Fsp3) is 0.192. The largest absolute Gasteiger partial charge is 0.436 e. The summed E-state index contributed by atoms with van der Waals surface area (Å²) in [6.07, 6.45) is 0. The fourth-order valence-corrected chi connectivity index (χ4v) is 4.36. The van der Waals surface area contributed by atoms with Crippen LogP contribution in [0.3, 0.4) is 0 Å². The maximum Gasteiger partial charge on any atom is 0.236 e. The van der Waals surface area contributed by atoms with Crippen molar-refractivity contribution in [3.63, 3.8) is 0 Å². The number of nitrogens with zero attached hydrogens (tertiary/aromatic N) is 1. The molecule has 0 aliphatic rings. The third kappa shape index (κ3) is 5.97. The van der Waals surface area contributed by atoms with Crippen molar-refractivity contribution in [2.24, 2.45) is 0 Å². The third-order valence-corrected chi connectivity index (χ3v) is 6.72. The molecule has 0 saturated carbocycles. The number of benzene rings is 3. The van der Waals surface area contributed by atoms with Gasteiger partial charge in [0.25, 0.3) is 0 Å². The van der Waals surface area contributed by atoms with Gasteiger partial charge in [0.05, 0.1) is 5.75 Å². The standard InChI is InChI=1S/C26H24ClN3O2S2/c1-15(2)17-6-11-23-22(12-17)28-25(32-23)18-5-4-16(3)21(13-18)29-26(33)30-24(31)14-34-20-9-7-19(27)8-10-20/h4-13,15H,14H2,1-3H3,(H2,29,30,31,33). The van der Waals surface area contributed by atoms with Crippen LogP contribution in [-0.4, -0.2) is 21.8 Å². The Morgan fingerprint density at radius 2 is 1.88 bits per heavy atom. The maximum absolute atomic E-state index is 12.3. The molecular formula is C26H24ClN3O2S2. The molecular weight excluding hydrogens is 486 g/mol. The summed E-state index contributed by atoms with van der Waals surface area (Å²) in [5.74, 6) is 1.00. The Morgan fingerprint density at radius 3 is 2.62 bits per heavy atom. The Bertz CT molecular complexity index is 1350. The number of rotatable bonds is 6. The van der Waals surface area contributed by atoms with E-state index in [-0.39, 0.29) is 16.8 Å². The lowest BCUT2D eigenvalue weighted by Gasteiger charge is -2.12. The summed E-state index contributed by atoms with van der Waals surface area (Å²) in [6, 6.07) is 19.3.